The second-order valence-corrected chi connectivity index (χ2v) is 5.94. The van der Waals surface area contributed by atoms with Gasteiger partial charge in [0.05, 0.1) is 25.5 Å². The summed E-state index contributed by atoms with van der Waals surface area (Å²) in [6.07, 6.45) is -0.448. The van der Waals surface area contributed by atoms with E-state index in [4.69, 9.17) is 20.9 Å². The molecule has 1 rings (SSSR count). The first-order valence-electron chi connectivity index (χ1n) is 5.32. The number of amides is 1. The molecule has 1 atom stereocenters. The van der Waals surface area contributed by atoms with Gasteiger partial charge in [0.1, 0.15) is 5.37 Å². The van der Waals surface area contributed by atoms with Crippen LogP contribution in [0.2, 0.25) is 0 Å². The molecule has 0 spiro atoms. The number of rotatable bonds is 6. The average Bonchev–Trinajstić information content (AvgIpc) is 2.36. The van der Waals surface area contributed by atoms with Crippen LogP contribution < -0.4 is 20.9 Å². The van der Waals surface area contributed by atoms with Gasteiger partial charge < -0.3 is 20.9 Å². The topological polar surface area (TPSA) is 122 Å². The maximum absolute atomic E-state index is 12.1. The molecule has 0 saturated heterocycles. The Balaban J connectivity index is 3.18. The number of carbonyl (C=O) groups is 1. The molecule has 0 saturated carbocycles. The zero-order chi connectivity index (χ0) is 14.6. The van der Waals surface area contributed by atoms with Gasteiger partial charge >= 0.3 is 0 Å². The van der Waals surface area contributed by atoms with Crippen LogP contribution in [0.1, 0.15) is 6.42 Å². The summed E-state index contributed by atoms with van der Waals surface area (Å²) >= 11 is 0. The number of carbonyl (C=O) groups excluding carboxylic acids is 1. The summed E-state index contributed by atoms with van der Waals surface area (Å²) in [5.74, 6) is -0.128. The van der Waals surface area contributed by atoms with Gasteiger partial charge in [-0.05, 0) is 12.1 Å². The molecule has 8 heteroatoms. The summed E-state index contributed by atoms with van der Waals surface area (Å²) in [4.78, 5) is 10.7. The monoisotopic (exact) mass is 288 g/mol. The van der Waals surface area contributed by atoms with E-state index in [9.17, 15) is 13.2 Å². The van der Waals surface area contributed by atoms with E-state index in [1.165, 1.54) is 32.4 Å². The summed E-state index contributed by atoms with van der Waals surface area (Å²) in [6.45, 7) is 0. The molecule has 0 aliphatic rings. The number of sulfone groups is 1. The molecule has 1 amide bonds. The lowest BCUT2D eigenvalue weighted by atomic mass is 10.3. The molecule has 106 valence electrons. The summed E-state index contributed by atoms with van der Waals surface area (Å²) in [5.41, 5.74) is 10.4. The Morgan fingerprint density at radius 1 is 1.26 bits per heavy atom. The van der Waals surface area contributed by atoms with Crippen LogP contribution in [0.25, 0.3) is 0 Å². The van der Waals surface area contributed by atoms with Gasteiger partial charge in [-0.3, -0.25) is 4.79 Å². The Kier molecular flexibility index (Phi) is 4.73. The van der Waals surface area contributed by atoms with E-state index < -0.39 is 27.5 Å². The lowest BCUT2D eigenvalue weighted by molar-refractivity contribution is -0.118. The first kappa shape index (κ1) is 15.3. The van der Waals surface area contributed by atoms with Gasteiger partial charge in [0.2, 0.25) is 5.91 Å². The Labute approximate surface area is 111 Å². The summed E-state index contributed by atoms with van der Waals surface area (Å²) in [7, 11) is -1.03. The Hall–Kier alpha value is -1.80. The fourth-order valence-corrected chi connectivity index (χ4v) is 2.74. The fraction of sp³-hybridized carbons (Fsp3) is 0.364. The zero-order valence-electron chi connectivity index (χ0n) is 10.6. The number of primary amides is 1. The van der Waals surface area contributed by atoms with E-state index in [2.05, 4.69) is 0 Å². The molecule has 1 aromatic rings. The van der Waals surface area contributed by atoms with Gasteiger partial charge in [-0.2, -0.15) is 0 Å². The van der Waals surface area contributed by atoms with Crippen LogP contribution in [0.4, 0.5) is 0 Å². The van der Waals surface area contributed by atoms with E-state index >= 15 is 0 Å². The number of hydrogen-bond acceptors (Lipinski definition) is 6. The number of ether oxygens (including phenoxy) is 2. The third-order valence-corrected chi connectivity index (χ3v) is 4.36. The van der Waals surface area contributed by atoms with Gasteiger partial charge in [0, 0.05) is 6.07 Å². The highest BCUT2D eigenvalue weighted by Crippen LogP contribution is 2.30. The molecule has 1 unspecified atom stereocenters. The SMILES string of the molecule is COc1ccc(S(=O)(=O)C(N)CC(N)=O)cc1OC. The van der Waals surface area contributed by atoms with Crippen LogP contribution in [-0.4, -0.2) is 33.9 Å². The van der Waals surface area contributed by atoms with Gasteiger partial charge in [-0.25, -0.2) is 8.42 Å². The highest BCUT2D eigenvalue weighted by atomic mass is 32.2. The van der Waals surface area contributed by atoms with Crippen LogP contribution in [0, 0.1) is 0 Å². The largest absolute Gasteiger partial charge is 0.493 e. The standard InChI is InChI=1S/C11H16N2O5S/c1-17-8-4-3-7(5-9(8)18-2)19(15,16)11(13)6-10(12)14/h3-5,11H,6,13H2,1-2H3,(H2,12,14). The number of nitrogens with two attached hydrogens (primary N) is 2. The molecular weight excluding hydrogens is 272 g/mol. The minimum Gasteiger partial charge on any atom is -0.493 e. The highest BCUT2D eigenvalue weighted by molar-refractivity contribution is 7.92. The van der Waals surface area contributed by atoms with Gasteiger partial charge in [0.25, 0.3) is 0 Å². The van der Waals surface area contributed by atoms with E-state index in [1.54, 1.807) is 0 Å². The lowest BCUT2D eigenvalue weighted by Crippen LogP contribution is -2.35. The number of hydrogen-bond donors (Lipinski definition) is 2. The minimum absolute atomic E-state index is 0.0566. The zero-order valence-corrected chi connectivity index (χ0v) is 11.4. The molecule has 0 aromatic heterocycles. The van der Waals surface area contributed by atoms with Gasteiger partial charge in [-0.15, -0.1) is 0 Å². The van der Waals surface area contributed by atoms with Crippen molar-refractivity contribution in [2.45, 2.75) is 16.7 Å². The summed E-state index contributed by atoms with van der Waals surface area (Å²) in [5, 5.41) is -1.39. The number of methoxy groups -OCH3 is 2. The predicted molar refractivity (Wildman–Crippen MR) is 68.5 cm³/mol. The minimum atomic E-state index is -3.85. The van der Waals surface area contributed by atoms with Crippen molar-refractivity contribution in [2.24, 2.45) is 11.5 Å². The van der Waals surface area contributed by atoms with E-state index in [1.807, 2.05) is 0 Å². The van der Waals surface area contributed by atoms with Crippen LogP contribution >= 0.6 is 0 Å². The molecule has 0 radical (unpaired) electrons. The molecule has 1 aromatic carbocycles. The highest BCUT2D eigenvalue weighted by Gasteiger charge is 2.26. The normalized spacial score (nSPS) is 12.8. The molecule has 19 heavy (non-hydrogen) atoms. The van der Waals surface area contributed by atoms with Crippen molar-refractivity contribution >= 4 is 15.7 Å². The number of benzene rings is 1. The molecule has 0 bridgehead atoms. The lowest BCUT2D eigenvalue weighted by Gasteiger charge is -2.13. The van der Waals surface area contributed by atoms with Gasteiger partial charge in [0.15, 0.2) is 21.3 Å². The molecule has 0 fully saturated rings. The van der Waals surface area contributed by atoms with E-state index in [0.717, 1.165) is 0 Å². The van der Waals surface area contributed by atoms with Gasteiger partial charge in [-0.1, -0.05) is 0 Å². The average molecular weight is 288 g/mol. The van der Waals surface area contributed by atoms with Crippen LogP contribution in [0.15, 0.2) is 23.1 Å². The van der Waals surface area contributed by atoms with Crippen LogP contribution in [0.3, 0.4) is 0 Å². The van der Waals surface area contributed by atoms with Crippen molar-refractivity contribution in [1.29, 1.82) is 0 Å². The quantitative estimate of drug-likeness (QED) is 0.737. The van der Waals surface area contributed by atoms with E-state index in [-0.39, 0.29) is 10.6 Å². The van der Waals surface area contributed by atoms with Crippen molar-refractivity contribution in [3.05, 3.63) is 18.2 Å². The second kappa shape index (κ2) is 5.89. The Bertz CT molecular complexity index is 570. The first-order valence-corrected chi connectivity index (χ1v) is 6.87. The molecule has 0 aliphatic carbocycles. The smallest absolute Gasteiger partial charge is 0.220 e. The first-order chi connectivity index (χ1) is 8.82. The van der Waals surface area contributed by atoms with Crippen LogP contribution in [0.5, 0.6) is 11.5 Å². The fourth-order valence-electron chi connectivity index (χ4n) is 1.48. The van der Waals surface area contributed by atoms with Crippen molar-refractivity contribution < 1.29 is 22.7 Å². The van der Waals surface area contributed by atoms with Crippen LogP contribution in [-0.2, 0) is 14.6 Å². The molecule has 4 N–H and O–H groups in total. The molecule has 7 nitrogen and oxygen atoms in total. The third kappa shape index (κ3) is 3.36. The molecular formula is C11H16N2O5S. The second-order valence-electron chi connectivity index (χ2n) is 3.77. The van der Waals surface area contributed by atoms with Crippen molar-refractivity contribution in [2.75, 3.05) is 14.2 Å². The third-order valence-electron chi connectivity index (χ3n) is 2.48. The Morgan fingerprint density at radius 3 is 2.32 bits per heavy atom. The Morgan fingerprint density at radius 2 is 1.84 bits per heavy atom. The maximum Gasteiger partial charge on any atom is 0.220 e. The van der Waals surface area contributed by atoms with Crippen molar-refractivity contribution in [3.63, 3.8) is 0 Å². The predicted octanol–water partition coefficient (Wildman–Crippen LogP) is -0.362. The summed E-state index contributed by atoms with van der Waals surface area (Å²) in [6, 6.07) is 4.06. The van der Waals surface area contributed by atoms with Crippen molar-refractivity contribution in [3.8, 4) is 11.5 Å². The van der Waals surface area contributed by atoms with E-state index in [0.29, 0.717) is 5.75 Å². The maximum atomic E-state index is 12.1. The summed E-state index contributed by atoms with van der Waals surface area (Å²) < 4.78 is 34.2. The molecule has 0 aliphatic heterocycles. The molecule has 0 heterocycles. The van der Waals surface area contributed by atoms with Crippen molar-refractivity contribution in [1.82, 2.24) is 0 Å².